The maximum atomic E-state index is 15.9. The van der Waals surface area contributed by atoms with Gasteiger partial charge in [0, 0.05) is 47.3 Å². The van der Waals surface area contributed by atoms with Crippen LogP contribution in [0.15, 0.2) is 16.9 Å². The first-order valence-electron chi connectivity index (χ1n) is 12.7. The molecule has 1 aromatic rings. The molecule has 3 aliphatic carbocycles. The van der Waals surface area contributed by atoms with Gasteiger partial charge < -0.3 is 26.2 Å². The number of hydrogen-bond acceptors (Lipinski definition) is 9. The molecule has 1 aromatic carbocycles. The average Bonchev–Trinajstić information content (AvgIpc) is 3.30. The number of likely N-dealkylation sites (N-methyl/N-ethyl adjacent to an activating group) is 1. The SMILES string of the molecule is CC[C@@H](C)N1Cc2c(O)c3c(c(F)c2C1)C[C@H]1C[C@H]2[C@H](N(C)C)C(=O)C(C(N)=O)=C(O)[C@@]2(O)C(=O)C1=C3O. The minimum absolute atomic E-state index is 0.0649. The molecule has 0 spiro atoms. The highest BCUT2D eigenvalue weighted by Crippen LogP contribution is 2.54. The zero-order valence-corrected chi connectivity index (χ0v) is 21.7. The number of aliphatic hydroxyl groups excluding tert-OH is 2. The molecule has 11 heteroatoms. The van der Waals surface area contributed by atoms with Crippen LogP contribution in [0.1, 0.15) is 48.9 Å². The number of carbonyl (C=O) groups is 3. The Labute approximate surface area is 218 Å². The number of nitrogens with two attached hydrogens (primary N) is 1. The third-order valence-electron chi connectivity index (χ3n) is 8.97. The van der Waals surface area contributed by atoms with Gasteiger partial charge in [-0.15, -0.1) is 0 Å². The number of aliphatic hydroxyl groups is 3. The number of aromatic hydroxyl groups is 1. The number of fused-ring (bicyclic) bond motifs is 4. The van der Waals surface area contributed by atoms with Crippen LogP contribution in [0.3, 0.4) is 0 Å². The van der Waals surface area contributed by atoms with Crippen LogP contribution in [0.4, 0.5) is 4.39 Å². The monoisotopic (exact) mass is 529 g/mol. The molecule has 4 aliphatic rings. The fourth-order valence-electron chi connectivity index (χ4n) is 6.81. The van der Waals surface area contributed by atoms with Crippen LogP contribution in [0.5, 0.6) is 5.75 Å². The summed E-state index contributed by atoms with van der Waals surface area (Å²) in [6, 6.07) is -1.06. The highest BCUT2D eigenvalue weighted by atomic mass is 19.1. The van der Waals surface area contributed by atoms with Crippen molar-refractivity contribution >= 4 is 23.2 Å². The highest BCUT2D eigenvalue weighted by Gasteiger charge is 2.64. The molecule has 5 rings (SSSR count). The fraction of sp³-hybridized carbons (Fsp3) is 0.519. The molecule has 1 saturated carbocycles. The first-order chi connectivity index (χ1) is 17.8. The Morgan fingerprint density at radius 3 is 2.39 bits per heavy atom. The van der Waals surface area contributed by atoms with Gasteiger partial charge in [0.15, 0.2) is 11.4 Å². The quantitative estimate of drug-likeness (QED) is 0.361. The summed E-state index contributed by atoms with van der Waals surface area (Å²) in [5.74, 6) is -7.96. The summed E-state index contributed by atoms with van der Waals surface area (Å²) in [5, 5.41) is 45.0. The van der Waals surface area contributed by atoms with Gasteiger partial charge in [0.05, 0.1) is 11.6 Å². The lowest BCUT2D eigenvalue weighted by Gasteiger charge is -2.50. The zero-order valence-electron chi connectivity index (χ0n) is 21.7. The first kappa shape index (κ1) is 26.3. The maximum Gasteiger partial charge on any atom is 0.255 e. The van der Waals surface area contributed by atoms with Gasteiger partial charge in [0.1, 0.15) is 28.7 Å². The van der Waals surface area contributed by atoms with Gasteiger partial charge in [-0.05, 0) is 46.2 Å². The van der Waals surface area contributed by atoms with E-state index < -0.39 is 63.9 Å². The van der Waals surface area contributed by atoms with Crippen molar-refractivity contribution in [3.63, 3.8) is 0 Å². The second-order valence-corrected chi connectivity index (χ2v) is 11.1. The zero-order chi connectivity index (χ0) is 28.0. The van der Waals surface area contributed by atoms with Gasteiger partial charge in [0.25, 0.3) is 5.91 Å². The van der Waals surface area contributed by atoms with Crippen molar-refractivity contribution in [2.75, 3.05) is 14.1 Å². The van der Waals surface area contributed by atoms with Crippen molar-refractivity contribution in [1.29, 1.82) is 0 Å². The molecule has 6 N–H and O–H groups in total. The molecule has 204 valence electrons. The highest BCUT2D eigenvalue weighted by molar-refractivity contribution is 6.24. The summed E-state index contributed by atoms with van der Waals surface area (Å²) >= 11 is 0. The molecule has 1 aliphatic heterocycles. The van der Waals surface area contributed by atoms with E-state index in [0.717, 1.165) is 6.42 Å². The standard InChI is InChI=1S/C27H32FN3O7/c1-5-10(2)31-8-13-14(9-31)21(32)17-12(19(13)28)6-11-7-15-20(30(3)4)23(34)18(26(29)37)25(36)27(15,38)24(35)16(11)22(17)33/h10-11,15,20,32-33,36,38H,5-9H2,1-4H3,(H2,29,37)/t10-,11+,15+,20+,27+/m1/s1. The minimum atomic E-state index is -2.72. The van der Waals surface area contributed by atoms with E-state index in [2.05, 4.69) is 0 Å². The number of nitrogens with zero attached hydrogens (tertiary/aromatic N) is 2. The molecule has 0 saturated heterocycles. The third-order valence-corrected chi connectivity index (χ3v) is 8.97. The van der Waals surface area contributed by atoms with Crippen molar-refractivity contribution in [2.45, 2.75) is 63.9 Å². The van der Waals surface area contributed by atoms with Gasteiger partial charge in [-0.3, -0.25) is 24.2 Å². The molecule has 0 radical (unpaired) electrons. The van der Waals surface area contributed by atoms with Gasteiger partial charge in [-0.2, -0.15) is 0 Å². The number of ketones is 2. The van der Waals surface area contributed by atoms with E-state index in [-0.39, 0.29) is 47.9 Å². The fourth-order valence-corrected chi connectivity index (χ4v) is 6.81. The molecule has 0 bridgehead atoms. The lowest BCUT2D eigenvalue weighted by Crippen LogP contribution is -2.65. The smallest absolute Gasteiger partial charge is 0.255 e. The molecule has 38 heavy (non-hydrogen) atoms. The van der Waals surface area contributed by atoms with Crippen molar-refractivity contribution in [3.8, 4) is 5.75 Å². The summed E-state index contributed by atoms with van der Waals surface area (Å²) < 4.78 is 15.9. The number of rotatable bonds is 4. The topological polar surface area (TPSA) is 165 Å². The van der Waals surface area contributed by atoms with Crippen LogP contribution >= 0.6 is 0 Å². The Kier molecular flexibility index (Phi) is 5.97. The van der Waals surface area contributed by atoms with Crippen LogP contribution in [0.2, 0.25) is 0 Å². The predicted octanol–water partition coefficient (Wildman–Crippen LogP) is 1.22. The number of primary amides is 1. The number of carbonyl (C=O) groups excluding carboxylic acids is 3. The van der Waals surface area contributed by atoms with Crippen molar-refractivity contribution in [3.05, 3.63) is 45.0 Å². The second kappa shape index (κ2) is 8.62. The molecule has 5 atom stereocenters. The number of Topliss-reactive ketones (excluding diaryl/α,β-unsaturated/α-hetero) is 2. The van der Waals surface area contributed by atoms with E-state index in [9.17, 15) is 34.8 Å². The predicted molar refractivity (Wildman–Crippen MR) is 133 cm³/mol. The summed E-state index contributed by atoms with van der Waals surface area (Å²) in [6.07, 6.45) is 0.671. The first-order valence-corrected chi connectivity index (χ1v) is 12.7. The number of amides is 1. The van der Waals surface area contributed by atoms with Gasteiger partial charge in [-0.25, -0.2) is 4.39 Å². The largest absolute Gasteiger partial charge is 0.508 e. The summed E-state index contributed by atoms with van der Waals surface area (Å²) in [4.78, 5) is 42.5. The molecule has 10 nitrogen and oxygen atoms in total. The molecule has 1 amide bonds. The third kappa shape index (κ3) is 3.25. The summed E-state index contributed by atoms with van der Waals surface area (Å²) in [6.45, 7) is 4.57. The molecule has 0 aromatic heterocycles. The number of phenolic OH excluding ortho intramolecular Hbond substituents is 1. The van der Waals surface area contributed by atoms with E-state index in [1.54, 1.807) is 0 Å². The normalized spacial score (nSPS) is 29.8. The van der Waals surface area contributed by atoms with E-state index >= 15 is 4.39 Å². The number of hydrogen-bond donors (Lipinski definition) is 5. The van der Waals surface area contributed by atoms with Crippen LogP contribution in [-0.4, -0.2) is 79.5 Å². The minimum Gasteiger partial charge on any atom is -0.508 e. The molecular formula is C27H32FN3O7. The molecule has 1 fully saturated rings. The van der Waals surface area contributed by atoms with E-state index in [1.165, 1.54) is 19.0 Å². The Hall–Kier alpha value is -3.28. The van der Waals surface area contributed by atoms with Crippen molar-refractivity contribution in [1.82, 2.24) is 9.80 Å². The second-order valence-electron chi connectivity index (χ2n) is 11.1. The number of phenols is 1. The van der Waals surface area contributed by atoms with Crippen molar-refractivity contribution < 1.29 is 39.2 Å². The van der Waals surface area contributed by atoms with E-state index in [0.29, 0.717) is 17.7 Å². The van der Waals surface area contributed by atoms with Crippen LogP contribution in [0.25, 0.3) is 5.76 Å². The summed E-state index contributed by atoms with van der Waals surface area (Å²) in [7, 11) is 3.05. The van der Waals surface area contributed by atoms with Gasteiger partial charge in [-0.1, -0.05) is 6.92 Å². The molecular weight excluding hydrogens is 497 g/mol. The Morgan fingerprint density at radius 2 is 1.82 bits per heavy atom. The number of benzene rings is 1. The van der Waals surface area contributed by atoms with Crippen molar-refractivity contribution in [2.24, 2.45) is 17.6 Å². The van der Waals surface area contributed by atoms with Crippen LogP contribution < -0.4 is 5.73 Å². The van der Waals surface area contributed by atoms with Crippen LogP contribution in [-0.2, 0) is 33.9 Å². The maximum absolute atomic E-state index is 15.9. The Balaban J connectivity index is 1.70. The lowest BCUT2D eigenvalue weighted by atomic mass is 9.57. The molecule has 0 unspecified atom stereocenters. The average molecular weight is 530 g/mol. The Morgan fingerprint density at radius 1 is 1.18 bits per heavy atom. The van der Waals surface area contributed by atoms with Gasteiger partial charge >= 0.3 is 0 Å². The van der Waals surface area contributed by atoms with E-state index in [1.807, 2.05) is 18.7 Å². The van der Waals surface area contributed by atoms with Gasteiger partial charge in [0.2, 0.25) is 5.78 Å². The Bertz CT molecular complexity index is 1370. The molecule has 1 heterocycles. The van der Waals surface area contributed by atoms with E-state index in [4.69, 9.17) is 5.73 Å². The lowest BCUT2D eigenvalue weighted by molar-refractivity contribution is -0.153. The number of halogens is 1. The summed E-state index contributed by atoms with van der Waals surface area (Å²) in [5.41, 5.74) is 2.00. The van der Waals surface area contributed by atoms with Crippen LogP contribution in [0, 0.1) is 17.7 Å².